The Labute approximate surface area is 154 Å². The number of hydrogen-bond acceptors (Lipinski definition) is 8. The van der Waals surface area contributed by atoms with Crippen molar-refractivity contribution in [3.05, 3.63) is 54.6 Å². The van der Waals surface area contributed by atoms with Crippen molar-refractivity contribution in [2.24, 2.45) is 7.05 Å². The number of nitrogens with one attached hydrogen (secondary N) is 1. The van der Waals surface area contributed by atoms with E-state index in [0.717, 1.165) is 11.1 Å². The van der Waals surface area contributed by atoms with Gasteiger partial charge in [-0.3, -0.25) is 9.67 Å². The van der Waals surface area contributed by atoms with Gasteiger partial charge in [-0.1, -0.05) is 24.3 Å². The Kier molecular flexibility index (Phi) is 4.49. The maximum Gasteiger partial charge on any atom is 0.488 e. The molecule has 0 atom stereocenters. The van der Waals surface area contributed by atoms with Crippen molar-refractivity contribution in [1.29, 1.82) is 0 Å². The van der Waals surface area contributed by atoms with Crippen LogP contribution < -0.4 is 10.8 Å². The van der Waals surface area contributed by atoms with Gasteiger partial charge in [0, 0.05) is 26.0 Å². The maximum atomic E-state index is 9.19. The van der Waals surface area contributed by atoms with Gasteiger partial charge in [-0.2, -0.15) is 5.10 Å². The molecular weight excluding hydrogens is 345 g/mol. The van der Waals surface area contributed by atoms with Crippen LogP contribution in [0.4, 0.5) is 5.82 Å². The Balaban J connectivity index is 1.66. The first-order valence-electron chi connectivity index (χ1n) is 8.27. The highest BCUT2D eigenvalue weighted by Gasteiger charge is 2.14. The number of nitrogens with zero attached hydrogens (tertiary/aromatic N) is 6. The van der Waals surface area contributed by atoms with Crippen molar-refractivity contribution in [3.63, 3.8) is 0 Å². The molecule has 4 aromatic rings. The van der Waals surface area contributed by atoms with E-state index in [2.05, 4.69) is 30.4 Å². The topological polar surface area (TPSA) is 122 Å². The number of anilines is 1. The zero-order valence-electron chi connectivity index (χ0n) is 14.5. The van der Waals surface area contributed by atoms with E-state index >= 15 is 0 Å². The van der Waals surface area contributed by atoms with E-state index in [-0.39, 0.29) is 0 Å². The van der Waals surface area contributed by atoms with E-state index in [1.165, 1.54) is 0 Å². The van der Waals surface area contributed by atoms with Gasteiger partial charge in [0.2, 0.25) is 0 Å². The number of aromatic nitrogens is 6. The summed E-state index contributed by atoms with van der Waals surface area (Å²) in [6, 6.07) is 7.00. The summed E-state index contributed by atoms with van der Waals surface area (Å²) in [7, 11) is 0.355. The lowest BCUT2D eigenvalue weighted by Crippen LogP contribution is -2.29. The van der Waals surface area contributed by atoms with Crippen LogP contribution in [0.1, 0.15) is 5.56 Å². The van der Waals surface area contributed by atoms with Crippen molar-refractivity contribution in [2.45, 2.75) is 6.54 Å². The van der Waals surface area contributed by atoms with Crippen molar-refractivity contribution in [3.8, 4) is 11.5 Å². The fraction of sp³-hybridized carbons (Fsp3) is 0.118. The van der Waals surface area contributed by atoms with Gasteiger partial charge in [0.25, 0.3) is 0 Å². The molecule has 0 radical (unpaired) electrons. The molecule has 134 valence electrons. The zero-order valence-corrected chi connectivity index (χ0v) is 14.5. The molecule has 9 nitrogen and oxygen atoms in total. The van der Waals surface area contributed by atoms with Crippen LogP contribution in [0.25, 0.3) is 22.6 Å². The number of rotatable bonds is 5. The largest absolute Gasteiger partial charge is 0.488 e. The Hall–Kier alpha value is -3.37. The zero-order chi connectivity index (χ0) is 18.8. The Morgan fingerprint density at radius 3 is 2.59 bits per heavy atom. The first-order chi connectivity index (χ1) is 13.1. The molecular formula is C17H16BN7O2. The van der Waals surface area contributed by atoms with Crippen LogP contribution in [-0.4, -0.2) is 46.9 Å². The van der Waals surface area contributed by atoms with Crippen LogP contribution in [0.3, 0.4) is 0 Å². The molecule has 1 aromatic carbocycles. The molecule has 0 aliphatic carbocycles. The molecule has 0 aliphatic rings. The minimum Gasteiger partial charge on any atom is -0.423 e. The third kappa shape index (κ3) is 3.48. The predicted molar refractivity (Wildman–Crippen MR) is 101 cm³/mol. The lowest BCUT2D eigenvalue weighted by Gasteiger charge is -2.10. The molecule has 0 spiro atoms. The highest BCUT2D eigenvalue weighted by molar-refractivity contribution is 6.58. The third-order valence-electron chi connectivity index (χ3n) is 4.12. The highest BCUT2D eigenvalue weighted by atomic mass is 16.4. The monoisotopic (exact) mass is 361 g/mol. The van der Waals surface area contributed by atoms with Gasteiger partial charge in [0.05, 0.1) is 12.4 Å². The summed E-state index contributed by atoms with van der Waals surface area (Å²) in [5, 5.41) is 25.9. The lowest BCUT2D eigenvalue weighted by atomic mass is 9.80. The third-order valence-corrected chi connectivity index (χ3v) is 4.12. The second-order valence-electron chi connectivity index (χ2n) is 5.96. The second-order valence-corrected chi connectivity index (χ2v) is 5.96. The highest BCUT2D eigenvalue weighted by Crippen LogP contribution is 2.23. The SMILES string of the molecule is Cn1ncc2nc(-c3cnccn3)nc(NCc3ccc(B(O)O)cc3)c21. The summed E-state index contributed by atoms with van der Waals surface area (Å²) in [6.07, 6.45) is 6.48. The van der Waals surface area contributed by atoms with Crippen molar-refractivity contribution < 1.29 is 10.0 Å². The molecule has 0 amide bonds. The molecule has 4 rings (SSSR count). The fourth-order valence-electron chi connectivity index (χ4n) is 2.73. The molecule has 3 N–H and O–H groups in total. The smallest absolute Gasteiger partial charge is 0.423 e. The summed E-state index contributed by atoms with van der Waals surface area (Å²) >= 11 is 0. The van der Waals surface area contributed by atoms with Gasteiger partial charge in [0.1, 0.15) is 16.7 Å². The molecule has 0 aliphatic heterocycles. The minimum atomic E-state index is -1.47. The van der Waals surface area contributed by atoms with Crippen molar-refractivity contribution in [2.75, 3.05) is 5.32 Å². The van der Waals surface area contributed by atoms with E-state index in [1.807, 2.05) is 19.2 Å². The number of aryl methyl sites for hydroxylation is 1. The molecule has 0 unspecified atom stereocenters. The average molecular weight is 361 g/mol. The van der Waals surface area contributed by atoms with Gasteiger partial charge in [-0.25, -0.2) is 15.0 Å². The lowest BCUT2D eigenvalue weighted by molar-refractivity contribution is 0.426. The van der Waals surface area contributed by atoms with Gasteiger partial charge >= 0.3 is 7.12 Å². The summed E-state index contributed by atoms with van der Waals surface area (Å²) in [5.41, 5.74) is 3.47. The second kappa shape index (κ2) is 7.10. The van der Waals surface area contributed by atoms with E-state index in [0.29, 0.717) is 34.9 Å². The summed E-state index contributed by atoms with van der Waals surface area (Å²) < 4.78 is 1.71. The molecule has 27 heavy (non-hydrogen) atoms. The Bertz CT molecular complexity index is 1070. The minimum absolute atomic E-state index is 0.444. The fourth-order valence-corrected chi connectivity index (χ4v) is 2.73. The van der Waals surface area contributed by atoms with Crippen LogP contribution in [0.2, 0.25) is 0 Å². The van der Waals surface area contributed by atoms with Crippen LogP contribution in [0.5, 0.6) is 0 Å². The average Bonchev–Trinajstić information content (AvgIpc) is 3.08. The first kappa shape index (κ1) is 17.1. The molecule has 3 heterocycles. The van der Waals surface area contributed by atoms with E-state index in [9.17, 15) is 10.0 Å². The predicted octanol–water partition coefficient (Wildman–Crippen LogP) is 0.112. The number of hydrogen-bond donors (Lipinski definition) is 3. The Morgan fingerprint density at radius 1 is 1.07 bits per heavy atom. The van der Waals surface area contributed by atoms with Crippen molar-refractivity contribution >= 4 is 29.4 Å². The van der Waals surface area contributed by atoms with Gasteiger partial charge < -0.3 is 15.4 Å². The molecule has 10 heteroatoms. The summed E-state index contributed by atoms with van der Waals surface area (Å²) in [6.45, 7) is 0.499. The molecule has 0 fully saturated rings. The van der Waals surface area contributed by atoms with Gasteiger partial charge in [0.15, 0.2) is 11.6 Å². The van der Waals surface area contributed by atoms with E-state index in [4.69, 9.17) is 0 Å². The number of fused-ring (bicyclic) bond motifs is 1. The maximum absolute atomic E-state index is 9.19. The van der Waals surface area contributed by atoms with Crippen molar-refractivity contribution in [1.82, 2.24) is 29.7 Å². The van der Waals surface area contributed by atoms with Crippen LogP contribution in [0.15, 0.2) is 49.1 Å². The molecule has 3 aromatic heterocycles. The molecule has 0 bridgehead atoms. The normalized spacial score (nSPS) is 10.9. The summed E-state index contributed by atoms with van der Waals surface area (Å²) in [4.78, 5) is 17.4. The Morgan fingerprint density at radius 2 is 1.89 bits per heavy atom. The molecule has 0 saturated heterocycles. The van der Waals surface area contributed by atoms with Gasteiger partial charge in [-0.15, -0.1) is 0 Å². The first-order valence-corrected chi connectivity index (χ1v) is 8.27. The van der Waals surface area contributed by atoms with E-state index < -0.39 is 7.12 Å². The van der Waals surface area contributed by atoms with Crippen LogP contribution >= 0.6 is 0 Å². The molecule has 0 saturated carbocycles. The van der Waals surface area contributed by atoms with Gasteiger partial charge in [-0.05, 0) is 11.0 Å². The standard InChI is InChI=1S/C17H16BN7O2/c1-25-15-13(10-22-25)23-16(14-9-19-6-7-20-14)24-17(15)21-8-11-2-4-12(5-3-11)18(26)27/h2-7,9-10,26-27H,8H2,1H3,(H,21,23,24). The quantitative estimate of drug-likeness (QED) is 0.428. The van der Waals surface area contributed by atoms with Crippen LogP contribution in [-0.2, 0) is 13.6 Å². The summed E-state index contributed by atoms with van der Waals surface area (Å²) in [5.74, 6) is 1.09. The van der Waals surface area contributed by atoms with E-state index in [1.54, 1.807) is 41.6 Å². The number of benzene rings is 1. The van der Waals surface area contributed by atoms with Crippen LogP contribution in [0, 0.1) is 0 Å².